The van der Waals surface area contributed by atoms with Crippen molar-refractivity contribution in [2.75, 3.05) is 7.11 Å². The minimum absolute atomic E-state index is 0.0209. The third kappa shape index (κ3) is 3.56. The molecule has 8 nitrogen and oxygen atoms in total. The number of nitrogens with zero attached hydrogens (tertiary/aromatic N) is 4. The number of methoxy groups -OCH3 is 1. The number of nitro benzene ring substituents is 1. The highest BCUT2D eigenvalue weighted by Crippen LogP contribution is 2.36. The molecule has 0 spiro atoms. The number of benzene rings is 1. The molecule has 0 saturated carbocycles. The monoisotopic (exact) mass is 374 g/mol. The van der Waals surface area contributed by atoms with Gasteiger partial charge in [0, 0.05) is 16.1 Å². The normalized spacial score (nSPS) is 10.3. The van der Waals surface area contributed by atoms with E-state index >= 15 is 0 Å². The Morgan fingerprint density at radius 1 is 1.29 bits per heavy atom. The Bertz CT molecular complexity index is 713. The van der Waals surface area contributed by atoms with Crippen LogP contribution in [0.15, 0.2) is 16.6 Å². The maximum atomic E-state index is 11.1. The highest BCUT2D eigenvalue weighted by atomic mass is 79.9. The van der Waals surface area contributed by atoms with E-state index in [4.69, 9.17) is 21.1 Å². The molecule has 0 unspecified atom stereocenters. The van der Waals surface area contributed by atoms with Crippen LogP contribution in [-0.2, 0) is 0 Å². The van der Waals surface area contributed by atoms with Gasteiger partial charge >= 0.3 is 17.7 Å². The van der Waals surface area contributed by atoms with Gasteiger partial charge in [-0.05, 0) is 24.6 Å². The van der Waals surface area contributed by atoms with Crippen LogP contribution >= 0.6 is 27.5 Å². The van der Waals surface area contributed by atoms with Gasteiger partial charge in [0.25, 0.3) is 0 Å². The zero-order valence-corrected chi connectivity index (χ0v) is 13.2. The number of rotatable bonds is 4. The standard InChI is InChI=1S/C11H8BrClN4O4/c1-5-3-6(12)4-7(17(18)19)8(5)21-11-15-9(13)14-10(16-11)20-2/h3-4H,1-2H3. The smallest absolute Gasteiger partial charge is 0.329 e. The van der Waals surface area contributed by atoms with Crippen molar-refractivity contribution < 1.29 is 14.4 Å². The molecule has 0 N–H and O–H groups in total. The average Bonchev–Trinajstić information content (AvgIpc) is 2.40. The Balaban J connectivity index is 2.48. The maximum Gasteiger partial charge on any atom is 0.329 e. The van der Waals surface area contributed by atoms with E-state index in [-0.39, 0.29) is 28.7 Å². The molecule has 110 valence electrons. The second-order valence-electron chi connectivity index (χ2n) is 3.80. The molecule has 10 heteroatoms. The van der Waals surface area contributed by atoms with Crippen molar-refractivity contribution in [1.29, 1.82) is 0 Å². The Kier molecular flexibility index (Phi) is 4.53. The fourth-order valence-corrected chi connectivity index (χ4v) is 2.23. The predicted molar refractivity (Wildman–Crippen MR) is 77.0 cm³/mol. The van der Waals surface area contributed by atoms with Crippen molar-refractivity contribution in [3.05, 3.63) is 37.6 Å². The minimum atomic E-state index is -0.562. The van der Waals surface area contributed by atoms with E-state index in [0.717, 1.165) is 0 Å². The molecule has 0 aliphatic carbocycles. The molecular weight excluding hydrogens is 368 g/mol. The van der Waals surface area contributed by atoms with Crippen LogP contribution in [0.5, 0.6) is 17.8 Å². The number of ether oxygens (including phenoxy) is 2. The summed E-state index contributed by atoms with van der Waals surface area (Å²) in [6.45, 7) is 1.66. The number of halogens is 2. The Hall–Kier alpha value is -2.00. The van der Waals surface area contributed by atoms with Crippen LogP contribution in [0.3, 0.4) is 0 Å². The van der Waals surface area contributed by atoms with Crippen LogP contribution < -0.4 is 9.47 Å². The lowest BCUT2D eigenvalue weighted by Crippen LogP contribution is -2.01. The molecule has 0 aliphatic heterocycles. The van der Waals surface area contributed by atoms with Gasteiger partial charge in [-0.1, -0.05) is 15.9 Å². The first-order valence-electron chi connectivity index (χ1n) is 5.48. The summed E-state index contributed by atoms with van der Waals surface area (Å²) in [5, 5.41) is 11.0. The number of nitro groups is 1. The minimum Gasteiger partial charge on any atom is -0.467 e. The van der Waals surface area contributed by atoms with E-state index in [1.807, 2.05) is 0 Å². The molecule has 2 rings (SSSR count). The van der Waals surface area contributed by atoms with Crippen molar-refractivity contribution >= 4 is 33.2 Å². The molecule has 1 aromatic heterocycles. The lowest BCUT2D eigenvalue weighted by Gasteiger charge is -2.08. The van der Waals surface area contributed by atoms with Crippen LogP contribution in [0, 0.1) is 17.0 Å². The zero-order chi connectivity index (χ0) is 15.6. The van der Waals surface area contributed by atoms with Crippen LogP contribution in [0.25, 0.3) is 0 Å². The first kappa shape index (κ1) is 15.4. The Morgan fingerprint density at radius 3 is 2.57 bits per heavy atom. The van der Waals surface area contributed by atoms with Crippen molar-refractivity contribution in [3.8, 4) is 17.8 Å². The number of hydrogen-bond donors (Lipinski definition) is 0. The molecule has 1 aromatic carbocycles. The lowest BCUT2D eigenvalue weighted by molar-refractivity contribution is -0.385. The van der Waals surface area contributed by atoms with Crippen LogP contribution in [0.1, 0.15) is 5.56 Å². The molecule has 1 heterocycles. The second kappa shape index (κ2) is 6.19. The summed E-state index contributed by atoms with van der Waals surface area (Å²) in [6, 6.07) is 2.74. The predicted octanol–water partition coefficient (Wildman–Crippen LogP) is 3.31. The van der Waals surface area contributed by atoms with Crippen molar-refractivity contribution in [1.82, 2.24) is 15.0 Å². The average molecular weight is 376 g/mol. The van der Waals surface area contributed by atoms with Crippen molar-refractivity contribution in [2.45, 2.75) is 6.92 Å². The van der Waals surface area contributed by atoms with E-state index in [1.165, 1.54) is 13.2 Å². The van der Waals surface area contributed by atoms with Gasteiger partial charge in [0.05, 0.1) is 12.0 Å². The summed E-state index contributed by atoms with van der Waals surface area (Å²) in [6.07, 6.45) is 0. The molecule has 0 bridgehead atoms. The molecule has 0 saturated heterocycles. The van der Waals surface area contributed by atoms with Gasteiger partial charge in [-0.15, -0.1) is 4.98 Å². The summed E-state index contributed by atoms with van der Waals surface area (Å²) in [5.41, 5.74) is 0.309. The van der Waals surface area contributed by atoms with Gasteiger partial charge in [0.2, 0.25) is 11.0 Å². The second-order valence-corrected chi connectivity index (χ2v) is 5.06. The Labute approximate surface area is 132 Å². The quantitative estimate of drug-likeness (QED) is 0.597. The summed E-state index contributed by atoms with van der Waals surface area (Å²) in [7, 11) is 1.35. The van der Waals surface area contributed by atoms with Crippen LogP contribution in [0.2, 0.25) is 5.28 Å². The molecule has 21 heavy (non-hydrogen) atoms. The molecular formula is C11H8BrClN4O4. The zero-order valence-electron chi connectivity index (χ0n) is 10.8. The van der Waals surface area contributed by atoms with E-state index in [2.05, 4.69) is 30.9 Å². The summed E-state index contributed by atoms with van der Waals surface area (Å²) in [4.78, 5) is 21.8. The molecule has 0 amide bonds. The highest BCUT2D eigenvalue weighted by Gasteiger charge is 2.21. The third-order valence-corrected chi connectivity index (χ3v) is 2.99. The first-order valence-corrected chi connectivity index (χ1v) is 6.65. The largest absolute Gasteiger partial charge is 0.467 e. The van der Waals surface area contributed by atoms with Crippen LogP contribution in [0.4, 0.5) is 5.69 Å². The number of aryl methyl sites for hydroxylation is 1. The van der Waals surface area contributed by atoms with E-state index in [9.17, 15) is 10.1 Å². The maximum absolute atomic E-state index is 11.1. The lowest BCUT2D eigenvalue weighted by atomic mass is 10.2. The fraction of sp³-hybridized carbons (Fsp3) is 0.182. The van der Waals surface area contributed by atoms with Gasteiger partial charge in [0.1, 0.15) is 0 Å². The molecule has 0 atom stereocenters. The van der Waals surface area contributed by atoms with Crippen LogP contribution in [-0.4, -0.2) is 27.0 Å². The number of hydrogen-bond acceptors (Lipinski definition) is 7. The molecule has 0 radical (unpaired) electrons. The van der Waals surface area contributed by atoms with E-state index in [1.54, 1.807) is 13.0 Å². The SMILES string of the molecule is COc1nc(Cl)nc(Oc2c(C)cc(Br)cc2[N+](=O)[O-])n1. The van der Waals surface area contributed by atoms with E-state index in [0.29, 0.717) is 10.0 Å². The van der Waals surface area contributed by atoms with Gasteiger partial charge < -0.3 is 9.47 Å². The molecule has 0 aliphatic rings. The molecule has 2 aromatic rings. The van der Waals surface area contributed by atoms with Gasteiger partial charge in [-0.3, -0.25) is 10.1 Å². The summed E-state index contributed by atoms with van der Waals surface area (Å²) < 4.78 is 10.8. The van der Waals surface area contributed by atoms with Gasteiger partial charge in [0.15, 0.2) is 0 Å². The highest BCUT2D eigenvalue weighted by molar-refractivity contribution is 9.10. The fourth-order valence-electron chi connectivity index (χ4n) is 1.52. The number of aromatic nitrogens is 3. The van der Waals surface area contributed by atoms with Gasteiger partial charge in [-0.2, -0.15) is 9.97 Å². The summed E-state index contributed by atoms with van der Waals surface area (Å²) >= 11 is 8.89. The van der Waals surface area contributed by atoms with Crippen molar-refractivity contribution in [3.63, 3.8) is 0 Å². The first-order chi connectivity index (χ1) is 9.90. The molecule has 0 fully saturated rings. The topological polar surface area (TPSA) is 100 Å². The van der Waals surface area contributed by atoms with E-state index < -0.39 is 4.92 Å². The third-order valence-electron chi connectivity index (χ3n) is 2.36. The van der Waals surface area contributed by atoms with Crippen molar-refractivity contribution in [2.24, 2.45) is 0 Å². The summed E-state index contributed by atoms with van der Waals surface area (Å²) in [5.74, 6) is 0.0209. The Morgan fingerprint density at radius 2 is 1.95 bits per heavy atom. The van der Waals surface area contributed by atoms with Gasteiger partial charge in [-0.25, -0.2) is 0 Å².